The summed E-state index contributed by atoms with van der Waals surface area (Å²) in [4.78, 5) is 15.9. The lowest BCUT2D eigenvalue weighted by Gasteiger charge is -1.97. The normalized spacial score (nSPS) is 10.5. The highest BCUT2D eigenvalue weighted by Gasteiger charge is 2.09. The smallest absolute Gasteiger partial charge is 0.232 e. The molecule has 0 spiro atoms. The van der Waals surface area contributed by atoms with Crippen molar-refractivity contribution >= 4 is 33.7 Å². The van der Waals surface area contributed by atoms with Crippen LogP contribution in [0.1, 0.15) is 22.6 Å². The number of aromatic nitrogens is 3. The molecule has 0 aliphatic rings. The minimum atomic E-state index is -0.103. The summed E-state index contributed by atoms with van der Waals surface area (Å²) in [6, 6.07) is 0. The zero-order valence-corrected chi connectivity index (χ0v) is 11.2. The maximum atomic E-state index is 11.7. The zero-order valence-electron chi connectivity index (χ0n) is 9.56. The average molecular weight is 268 g/mol. The Bertz CT molecular complexity index is 520. The van der Waals surface area contributed by atoms with Gasteiger partial charge in [0.1, 0.15) is 5.01 Å². The second-order valence-electron chi connectivity index (χ2n) is 3.44. The summed E-state index contributed by atoms with van der Waals surface area (Å²) in [7, 11) is 0. The number of anilines is 1. The van der Waals surface area contributed by atoms with E-state index in [9.17, 15) is 4.79 Å². The number of aryl methyl sites for hydroxylation is 2. The van der Waals surface area contributed by atoms with Gasteiger partial charge < -0.3 is 5.32 Å². The number of nitrogens with one attached hydrogen (secondary N) is 1. The van der Waals surface area contributed by atoms with E-state index in [1.165, 1.54) is 11.3 Å². The number of carbonyl (C=O) groups excluding carboxylic acids is 1. The molecule has 0 fully saturated rings. The van der Waals surface area contributed by atoms with Crippen molar-refractivity contribution in [2.24, 2.45) is 0 Å². The Morgan fingerprint density at radius 1 is 1.47 bits per heavy atom. The van der Waals surface area contributed by atoms with Gasteiger partial charge in [0, 0.05) is 5.38 Å². The quantitative estimate of drug-likeness (QED) is 0.921. The lowest BCUT2D eigenvalue weighted by Crippen LogP contribution is -2.14. The van der Waals surface area contributed by atoms with Gasteiger partial charge in [0.15, 0.2) is 0 Å². The summed E-state index contributed by atoms with van der Waals surface area (Å²) < 4.78 is 0. The molecular formula is C10H12N4OS2. The third kappa shape index (κ3) is 3.31. The van der Waals surface area contributed by atoms with Gasteiger partial charge in [-0.2, -0.15) is 0 Å². The van der Waals surface area contributed by atoms with Gasteiger partial charge in [0.25, 0.3) is 0 Å². The van der Waals surface area contributed by atoms with Gasteiger partial charge in [-0.25, -0.2) is 4.98 Å². The van der Waals surface area contributed by atoms with E-state index >= 15 is 0 Å². The lowest BCUT2D eigenvalue weighted by molar-refractivity contribution is -0.115. The number of carbonyl (C=O) groups is 1. The van der Waals surface area contributed by atoms with E-state index in [1.807, 2.05) is 19.2 Å². The second kappa shape index (κ2) is 5.33. The molecule has 2 heterocycles. The molecule has 7 heteroatoms. The minimum Gasteiger partial charge on any atom is -0.300 e. The lowest BCUT2D eigenvalue weighted by atomic mass is 10.3. The van der Waals surface area contributed by atoms with E-state index in [-0.39, 0.29) is 12.3 Å². The van der Waals surface area contributed by atoms with Crippen molar-refractivity contribution in [2.45, 2.75) is 26.7 Å². The molecule has 0 saturated carbocycles. The molecule has 17 heavy (non-hydrogen) atoms. The van der Waals surface area contributed by atoms with Crippen molar-refractivity contribution in [2.75, 3.05) is 5.32 Å². The minimum absolute atomic E-state index is 0.103. The van der Waals surface area contributed by atoms with E-state index < -0.39 is 0 Å². The molecular weight excluding hydrogens is 256 g/mol. The molecule has 0 atom stereocenters. The van der Waals surface area contributed by atoms with E-state index in [2.05, 4.69) is 20.5 Å². The molecule has 2 aromatic heterocycles. The van der Waals surface area contributed by atoms with Crippen LogP contribution in [0.25, 0.3) is 0 Å². The molecule has 1 amide bonds. The topological polar surface area (TPSA) is 67.8 Å². The molecule has 0 bridgehead atoms. The van der Waals surface area contributed by atoms with Crippen LogP contribution < -0.4 is 5.32 Å². The van der Waals surface area contributed by atoms with Gasteiger partial charge in [-0.05, 0) is 13.3 Å². The van der Waals surface area contributed by atoms with Crippen molar-refractivity contribution in [3.8, 4) is 0 Å². The summed E-state index contributed by atoms with van der Waals surface area (Å²) >= 11 is 2.95. The maximum Gasteiger partial charge on any atom is 0.232 e. The Morgan fingerprint density at radius 2 is 2.29 bits per heavy atom. The second-order valence-corrected chi connectivity index (χ2v) is 5.56. The van der Waals surface area contributed by atoms with Crippen LogP contribution in [0.3, 0.4) is 0 Å². The number of amides is 1. The van der Waals surface area contributed by atoms with Crippen LogP contribution in [0.2, 0.25) is 0 Å². The predicted octanol–water partition coefficient (Wildman–Crippen LogP) is 2.05. The molecule has 0 saturated heterocycles. The molecule has 2 rings (SSSR count). The maximum absolute atomic E-state index is 11.7. The van der Waals surface area contributed by atoms with Gasteiger partial charge in [-0.1, -0.05) is 18.3 Å². The molecule has 1 N–H and O–H groups in total. The van der Waals surface area contributed by atoms with Crippen molar-refractivity contribution < 1.29 is 4.79 Å². The van der Waals surface area contributed by atoms with Crippen molar-refractivity contribution in [3.05, 3.63) is 21.1 Å². The van der Waals surface area contributed by atoms with Crippen molar-refractivity contribution in [1.29, 1.82) is 0 Å². The molecule has 0 aliphatic carbocycles. The number of rotatable bonds is 4. The van der Waals surface area contributed by atoms with Crippen LogP contribution in [0.5, 0.6) is 0 Å². The fourth-order valence-electron chi connectivity index (χ4n) is 1.26. The fourth-order valence-corrected chi connectivity index (χ4v) is 2.57. The Balaban J connectivity index is 1.93. The van der Waals surface area contributed by atoms with Crippen molar-refractivity contribution in [1.82, 2.24) is 15.2 Å². The molecule has 2 aromatic rings. The molecule has 0 radical (unpaired) electrons. The first-order valence-corrected chi connectivity index (χ1v) is 6.90. The van der Waals surface area contributed by atoms with Gasteiger partial charge in [-0.15, -0.1) is 21.5 Å². The van der Waals surface area contributed by atoms with E-state index in [4.69, 9.17) is 0 Å². The Morgan fingerprint density at radius 3 is 2.88 bits per heavy atom. The Labute approximate surface area is 107 Å². The monoisotopic (exact) mass is 268 g/mol. The molecule has 0 unspecified atom stereocenters. The molecule has 5 nitrogen and oxygen atoms in total. The highest BCUT2D eigenvalue weighted by atomic mass is 32.1. The predicted molar refractivity (Wildman–Crippen MR) is 68.5 cm³/mol. The summed E-state index contributed by atoms with van der Waals surface area (Å²) in [6.07, 6.45) is 1.12. The highest BCUT2D eigenvalue weighted by molar-refractivity contribution is 7.15. The van der Waals surface area contributed by atoms with E-state index in [0.29, 0.717) is 5.13 Å². The van der Waals surface area contributed by atoms with Gasteiger partial charge >= 0.3 is 0 Å². The largest absolute Gasteiger partial charge is 0.300 e. The molecule has 0 aliphatic heterocycles. The SMILES string of the molecule is CCc1nnc(NC(=O)Cc2csc(C)n2)s1. The van der Waals surface area contributed by atoms with Crippen LogP contribution in [0.15, 0.2) is 5.38 Å². The van der Waals surface area contributed by atoms with Gasteiger partial charge in [0.05, 0.1) is 17.1 Å². The van der Waals surface area contributed by atoms with E-state index in [1.54, 1.807) is 11.3 Å². The molecule has 90 valence electrons. The number of nitrogens with zero attached hydrogens (tertiary/aromatic N) is 3. The van der Waals surface area contributed by atoms with E-state index in [0.717, 1.165) is 22.1 Å². The van der Waals surface area contributed by atoms with Crippen LogP contribution >= 0.6 is 22.7 Å². The zero-order chi connectivity index (χ0) is 12.3. The van der Waals surface area contributed by atoms with Crippen molar-refractivity contribution in [3.63, 3.8) is 0 Å². The first kappa shape index (κ1) is 12.1. The van der Waals surface area contributed by atoms with Crippen LogP contribution in [-0.2, 0) is 17.6 Å². The Hall–Kier alpha value is -1.34. The van der Waals surface area contributed by atoms with Crippen LogP contribution in [0.4, 0.5) is 5.13 Å². The molecule has 0 aromatic carbocycles. The van der Waals surface area contributed by atoms with Gasteiger partial charge in [-0.3, -0.25) is 4.79 Å². The number of hydrogen-bond acceptors (Lipinski definition) is 6. The van der Waals surface area contributed by atoms with Gasteiger partial charge in [0.2, 0.25) is 11.0 Å². The number of hydrogen-bond donors (Lipinski definition) is 1. The average Bonchev–Trinajstić information content (AvgIpc) is 2.88. The standard InChI is InChI=1S/C10H12N4OS2/c1-3-9-13-14-10(17-9)12-8(15)4-7-5-16-6(2)11-7/h5H,3-4H2,1-2H3,(H,12,14,15). The third-order valence-electron chi connectivity index (χ3n) is 2.02. The summed E-state index contributed by atoms with van der Waals surface area (Å²) in [5, 5.41) is 14.9. The van der Waals surface area contributed by atoms with Crippen LogP contribution in [0, 0.1) is 6.92 Å². The third-order valence-corrected chi connectivity index (χ3v) is 3.83. The highest BCUT2D eigenvalue weighted by Crippen LogP contribution is 2.16. The fraction of sp³-hybridized carbons (Fsp3) is 0.400. The van der Waals surface area contributed by atoms with Crippen LogP contribution in [-0.4, -0.2) is 21.1 Å². The summed E-state index contributed by atoms with van der Waals surface area (Å²) in [5.41, 5.74) is 0.797. The summed E-state index contributed by atoms with van der Waals surface area (Å²) in [6.45, 7) is 3.93. The first-order chi connectivity index (χ1) is 8.17. The number of thiazole rings is 1. The summed E-state index contributed by atoms with van der Waals surface area (Å²) in [5.74, 6) is -0.103. The first-order valence-electron chi connectivity index (χ1n) is 5.20. The Kier molecular flexibility index (Phi) is 3.80.